The van der Waals surface area contributed by atoms with Crippen molar-refractivity contribution in [1.82, 2.24) is 10.6 Å². The van der Waals surface area contributed by atoms with Crippen molar-refractivity contribution < 1.29 is 4.74 Å². The lowest BCUT2D eigenvalue weighted by Crippen LogP contribution is -2.37. The van der Waals surface area contributed by atoms with E-state index in [2.05, 4.69) is 58.1 Å². The summed E-state index contributed by atoms with van der Waals surface area (Å²) >= 11 is 0. The zero-order valence-electron chi connectivity index (χ0n) is 12.7. The molecule has 112 valence electrons. The zero-order valence-corrected chi connectivity index (χ0v) is 12.7. The van der Waals surface area contributed by atoms with Gasteiger partial charge >= 0.3 is 0 Å². The molecule has 21 heavy (non-hydrogen) atoms. The fourth-order valence-electron chi connectivity index (χ4n) is 2.27. The molecule has 0 aliphatic heterocycles. The molecular formula is C17H23N3O. The van der Waals surface area contributed by atoms with Crippen molar-refractivity contribution in [3.8, 4) is 0 Å². The molecule has 0 saturated heterocycles. The van der Waals surface area contributed by atoms with Crippen LogP contribution in [0.15, 0.2) is 47.5 Å². The average Bonchev–Trinajstić information content (AvgIpc) is 2.54. The minimum Gasteiger partial charge on any atom is -0.385 e. The second-order valence-corrected chi connectivity index (χ2v) is 4.84. The van der Waals surface area contributed by atoms with Crippen LogP contribution in [0, 0.1) is 0 Å². The minimum absolute atomic E-state index is 0.755. The number of fused-ring (bicyclic) bond motifs is 1. The smallest absolute Gasteiger partial charge is 0.191 e. The van der Waals surface area contributed by atoms with E-state index in [0.717, 1.165) is 32.1 Å². The van der Waals surface area contributed by atoms with Gasteiger partial charge in [0.25, 0.3) is 0 Å². The van der Waals surface area contributed by atoms with Crippen LogP contribution in [0.2, 0.25) is 0 Å². The highest BCUT2D eigenvalue weighted by atomic mass is 16.5. The molecule has 0 unspecified atom stereocenters. The Morgan fingerprint density at radius 2 is 1.90 bits per heavy atom. The van der Waals surface area contributed by atoms with Gasteiger partial charge in [-0.3, -0.25) is 4.99 Å². The lowest BCUT2D eigenvalue weighted by molar-refractivity contribution is 0.195. The van der Waals surface area contributed by atoms with Crippen LogP contribution in [0.1, 0.15) is 12.0 Å². The number of hydrogen-bond acceptors (Lipinski definition) is 2. The first kappa shape index (κ1) is 15.3. The molecule has 0 aliphatic rings. The zero-order chi connectivity index (χ0) is 14.9. The monoisotopic (exact) mass is 285 g/mol. The van der Waals surface area contributed by atoms with Gasteiger partial charge < -0.3 is 15.4 Å². The van der Waals surface area contributed by atoms with Gasteiger partial charge in [0.2, 0.25) is 0 Å². The first-order chi connectivity index (χ1) is 10.3. The first-order valence-electron chi connectivity index (χ1n) is 7.25. The van der Waals surface area contributed by atoms with Crippen molar-refractivity contribution in [2.75, 3.05) is 27.3 Å². The Bertz CT molecular complexity index is 590. The predicted molar refractivity (Wildman–Crippen MR) is 88.6 cm³/mol. The molecule has 4 heteroatoms. The van der Waals surface area contributed by atoms with Gasteiger partial charge in [0.05, 0.1) is 0 Å². The summed E-state index contributed by atoms with van der Waals surface area (Å²) in [6.07, 6.45) is 0.964. The maximum atomic E-state index is 5.03. The van der Waals surface area contributed by atoms with E-state index in [-0.39, 0.29) is 0 Å². The Kier molecular flexibility index (Phi) is 6.03. The van der Waals surface area contributed by atoms with Gasteiger partial charge in [-0.1, -0.05) is 42.5 Å². The molecule has 0 heterocycles. The van der Waals surface area contributed by atoms with Crippen molar-refractivity contribution >= 4 is 16.7 Å². The van der Waals surface area contributed by atoms with Crippen molar-refractivity contribution in [3.05, 3.63) is 48.0 Å². The van der Waals surface area contributed by atoms with E-state index in [9.17, 15) is 0 Å². The molecule has 0 aromatic heterocycles. The van der Waals surface area contributed by atoms with Gasteiger partial charge in [-0.05, 0) is 22.8 Å². The van der Waals surface area contributed by atoms with Crippen LogP contribution in [0.25, 0.3) is 10.8 Å². The third-order valence-corrected chi connectivity index (χ3v) is 3.37. The fraction of sp³-hybridized carbons (Fsp3) is 0.353. The number of rotatable bonds is 6. The molecule has 2 rings (SSSR count). The van der Waals surface area contributed by atoms with Crippen LogP contribution in [-0.4, -0.2) is 33.3 Å². The molecule has 2 aromatic rings. The summed E-state index contributed by atoms with van der Waals surface area (Å²) in [6, 6.07) is 14.8. The van der Waals surface area contributed by atoms with Crippen molar-refractivity contribution in [3.63, 3.8) is 0 Å². The molecule has 0 fully saturated rings. The molecule has 4 nitrogen and oxygen atoms in total. The number of hydrogen-bond donors (Lipinski definition) is 2. The Balaban J connectivity index is 1.94. The minimum atomic E-state index is 0.755. The van der Waals surface area contributed by atoms with E-state index >= 15 is 0 Å². The van der Waals surface area contributed by atoms with Gasteiger partial charge in [-0.2, -0.15) is 0 Å². The van der Waals surface area contributed by atoms with Gasteiger partial charge in [-0.15, -0.1) is 0 Å². The van der Waals surface area contributed by atoms with Crippen LogP contribution in [-0.2, 0) is 11.3 Å². The van der Waals surface area contributed by atoms with E-state index < -0.39 is 0 Å². The molecular weight excluding hydrogens is 262 g/mol. The normalized spacial score (nSPS) is 11.6. The van der Waals surface area contributed by atoms with Gasteiger partial charge in [0.15, 0.2) is 5.96 Å². The molecule has 0 bridgehead atoms. The molecule has 0 atom stereocenters. The molecule has 0 amide bonds. The van der Waals surface area contributed by atoms with Gasteiger partial charge in [0.1, 0.15) is 0 Å². The maximum absolute atomic E-state index is 5.03. The lowest BCUT2D eigenvalue weighted by atomic mass is 10.0. The van der Waals surface area contributed by atoms with Crippen LogP contribution in [0.3, 0.4) is 0 Å². The summed E-state index contributed by atoms with van der Waals surface area (Å²) in [5.41, 5.74) is 1.27. The molecule has 0 radical (unpaired) electrons. The van der Waals surface area contributed by atoms with Gasteiger partial charge in [0, 0.05) is 33.9 Å². The Hall–Kier alpha value is -2.07. The number of nitrogens with one attached hydrogen (secondary N) is 2. The quantitative estimate of drug-likeness (QED) is 0.487. The number of ether oxygens (including phenoxy) is 1. The average molecular weight is 285 g/mol. The Morgan fingerprint density at radius 1 is 1.10 bits per heavy atom. The van der Waals surface area contributed by atoms with Crippen LogP contribution in [0.4, 0.5) is 0 Å². The summed E-state index contributed by atoms with van der Waals surface area (Å²) in [7, 11) is 3.50. The molecule has 0 saturated carbocycles. The van der Waals surface area contributed by atoms with Crippen molar-refractivity contribution in [2.24, 2.45) is 4.99 Å². The number of methoxy groups -OCH3 is 1. The highest BCUT2D eigenvalue weighted by molar-refractivity contribution is 5.86. The third-order valence-electron chi connectivity index (χ3n) is 3.37. The largest absolute Gasteiger partial charge is 0.385 e. The SMILES string of the molecule is CN=C(NCCCOC)NCc1cccc2ccccc12. The summed E-state index contributed by atoms with van der Waals surface area (Å²) in [4.78, 5) is 4.23. The topological polar surface area (TPSA) is 45.7 Å². The van der Waals surface area contributed by atoms with Crippen LogP contribution < -0.4 is 10.6 Å². The van der Waals surface area contributed by atoms with E-state index in [1.165, 1.54) is 16.3 Å². The first-order valence-corrected chi connectivity index (χ1v) is 7.25. The number of aliphatic imine (C=N–C) groups is 1. The van der Waals surface area contributed by atoms with Crippen LogP contribution in [0.5, 0.6) is 0 Å². The molecule has 2 N–H and O–H groups in total. The maximum Gasteiger partial charge on any atom is 0.191 e. The second-order valence-electron chi connectivity index (χ2n) is 4.84. The predicted octanol–water partition coefficient (Wildman–Crippen LogP) is 2.54. The number of benzene rings is 2. The number of nitrogens with zero attached hydrogens (tertiary/aromatic N) is 1. The highest BCUT2D eigenvalue weighted by Crippen LogP contribution is 2.18. The van der Waals surface area contributed by atoms with Gasteiger partial charge in [-0.25, -0.2) is 0 Å². The summed E-state index contributed by atoms with van der Waals surface area (Å²) < 4.78 is 5.03. The Labute approximate surface area is 126 Å². The summed E-state index contributed by atoms with van der Waals surface area (Å²) in [5.74, 6) is 0.819. The van der Waals surface area contributed by atoms with Crippen molar-refractivity contribution in [1.29, 1.82) is 0 Å². The molecule has 0 aliphatic carbocycles. The number of guanidine groups is 1. The third kappa shape index (κ3) is 4.46. The fourth-order valence-corrected chi connectivity index (χ4v) is 2.27. The lowest BCUT2D eigenvalue weighted by Gasteiger charge is -2.13. The highest BCUT2D eigenvalue weighted by Gasteiger charge is 2.02. The van der Waals surface area contributed by atoms with Crippen LogP contribution >= 0.6 is 0 Å². The van der Waals surface area contributed by atoms with E-state index in [1.54, 1.807) is 14.2 Å². The van der Waals surface area contributed by atoms with E-state index in [0.29, 0.717) is 0 Å². The summed E-state index contributed by atoms with van der Waals surface area (Å²) in [6.45, 7) is 2.36. The second kappa shape index (κ2) is 8.27. The van der Waals surface area contributed by atoms with Crippen molar-refractivity contribution in [2.45, 2.75) is 13.0 Å². The Morgan fingerprint density at radius 3 is 2.71 bits per heavy atom. The standard InChI is InChI=1S/C17H23N3O/c1-18-17(19-11-6-12-21-2)20-13-15-9-5-8-14-7-3-4-10-16(14)15/h3-5,7-10H,6,11-13H2,1-2H3,(H2,18,19,20). The molecule has 0 spiro atoms. The van der Waals surface area contributed by atoms with E-state index in [1.807, 2.05) is 0 Å². The summed E-state index contributed by atoms with van der Waals surface area (Å²) in [5, 5.41) is 9.18. The molecule has 2 aromatic carbocycles. The van der Waals surface area contributed by atoms with E-state index in [4.69, 9.17) is 4.74 Å².